The predicted molar refractivity (Wildman–Crippen MR) is 134 cm³/mol. The van der Waals surface area contributed by atoms with E-state index in [0.29, 0.717) is 48.7 Å². The molecule has 0 unspecified atom stereocenters. The molecule has 0 radical (unpaired) electrons. The maximum atomic E-state index is 13.8. The number of Topliss-reactive ketones (excluding diaryl/α,β-unsaturated/α-hetero) is 1. The van der Waals surface area contributed by atoms with Crippen LogP contribution in [0.4, 0.5) is 0 Å². The zero-order valence-electron chi connectivity index (χ0n) is 21.0. The van der Waals surface area contributed by atoms with Gasteiger partial charge in [0.1, 0.15) is 17.9 Å². The number of carbonyl (C=O) groups excluding carboxylic acids is 1. The van der Waals surface area contributed by atoms with Crippen LogP contribution in [0.1, 0.15) is 59.4 Å². The summed E-state index contributed by atoms with van der Waals surface area (Å²) >= 11 is 3.56. The van der Waals surface area contributed by atoms with E-state index in [1.54, 1.807) is 12.0 Å². The second-order valence-corrected chi connectivity index (χ2v) is 12.1. The molecule has 6 nitrogen and oxygen atoms in total. The van der Waals surface area contributed by atoms with Crippen molar-refractivity contribution in [1.29, 1.82) is 0 Å². The van der Waals surface area contributed by atoms with Crippen LogP contribution >= 0.6 is 15.9 Å². The van der Waals surface area contributed by atoms with Gasteiger partial charge in [0.25, 0.3) is 0 Å². The van der Waals surface area contributed by atoms with E-state index in [1.165, 1.54) is 6.42 Å². The Kier molecular flexibility index (Phi) is 7.80. The second-order valence-electron chi connectivity index (χ2n) is 11.2. The average Bonchev–Trinajstić information content (AvgIpc) is 3.15. The minimum Gasteiger partial charge on any atom is -0.492 e. The zero-order chi connectivity index (χ0) is 24.8. The zero-order valence-corrected chi connectivity index (χ0v) is 22.6. The van der Waals surface area contributed by atoms with E-state index in [-0.39, 0.29) is 12.4 Å². The lowest BCUT2D eigenvalue weighted by molar-refractivity contribution is -0.183. The highest BCUT2D eigenvalue weighted by Crippen LogP contribution is 2.63. The first kappa shape index (κ1) is 26.1. The summed E-state index contributed by atoms with van der Waals surface area (Å²) in [5, 5.41) is 22.3. The number of ketones is 1. The van der Waals surface area contributed by atoms with Crippen LogP contribution in [0.25, 0.3) is 0 Å². The SMILES string of the molecule is CCOc1c(Br)cccc1CN1O[C@@H](CO)[C@@H]([C@H](C)O)[C@H]1C(=O)C[C@H]1C[C@H]2C[C@@H]([C@@H]1C)C2(C)C. The standard InChI is InChI=1S/C27H40BrNO5/c1-6-33-26-17(8-7-9-21(26)28)13-29-25(24(16(3)31)23(14-30)34-29)22(32)11-18-10-19-12-20(15(18)2)27(19,4)5/h7-9,15-16,18-20,23-25,30-31H,6,10-14H2,1-5H3/t15-,16+,18-,19+,20+,23+,24-,25-/m1/s1. The summed E-state index contributed by atoms with van der Waals surface area (Å²) in [7, 11) is 0. The van der Waals surface area contributed by atoms with Gasteiger partial charge in [-0.2, -0.15) is 5.06 Å². The summed E-state index contributed by atoms with van der Waals surface area (Å²) in [6, 6.07) is 5.21. The Morgan fingerprint density at radius 3 is 2.68 bits per heavy atom. The van der Waals surface area contributed by atoms with Gasteiger partial charge in [0.05, 0.1) is 30.3 Å². The number of benzene rings is 1. The smallest absolute Gasteiger partial charge is 0.153 e. The average molecular weight is 539 g/mol. The van der Waals surface area contributed by atoms with E-state index in [2.05, 4.69) is 36.7 Å². The van der Waals surface area contributed by atoms with Crippen molar-refractivity contribution < 1.29 is 24.6 Å². The molecule has 3 saturated carbocycles. The van der Waals surface area contributed by atoms with Gasteiger partial charge in [0.15, 0.2) is 5.78 Å². The molecule has 2 N–H and O–H groups in total. The van der Waals surface area contributed by atoms with Gasteiger partial charge < -0.3 is 14.9 Å². The summed E-state index contributed by atoms with van der Waals surface area (Å²) in [6.45, 7) is 11.3. The van der Waals surface area contributed by atoms with Crippen molar-refractivity contribution in [3.63, 3.8) is 0 Å². The van der Waals surface area contributed by atoms with Crippen molar-refractivity contribution in [3.05, 3.63) is 28.2 Å². The Hall–Kier alpha value is -0.990. The maximum absolute atomic E-state index is 13.8. The van der Waals surface area contributed by atoms with Gasteiger partial charge in [-0.25, -0.2) is 0 Å². The molecule has 1 aliphatic heterocycles. The molecule has 3 aliphatic carbocycles. The van der Waals surface area contributed by atoms with E-state index in [0.717, 1.165) is 22.2 Å². The molecule has 1 aromatic rings. The Labute approximate surface area is 212 Å². The fourth-order valence-electron chi connectivity index (χ4n) is 7.00. The highest BCUT2D eigenvalue weighted by atomic mass is 79.9. The minimum absolute atomic E-state index is 0.103. The first-order valence-corrected chi connectivity index (χ1v) is 13.5. The van der Waals surface area contributed by atoms with Crippen molar-refractivity contribution >= 4 is 21.7 Å². The lowest BCUT2D eigenvalue weighted by Gasteiger charge is -2.62. The highest BCUT2D eigenvalue weighted by molar-refractivity contribution is 9.10. The fourth-order valence-corrected chi connectivity index (χ4v) is 7.52. The number of rotatable bonds is 9. The van der Waals surface area contributed by atoms with Crippen molar-refractivity contribution in [1.82, 2.24) is 5.06 Å². The summed E-state index contributed by atoms with van der Waals surface area (Å²) in [5.74, 6) is 2.58. The van der Waals surface area contributed by atoms with Gasteiger partial charge >= 0.3 is 0 Å². The van der Waals surface area contributed by atoms with E-state index >= 15 is 0 Å². The highest BCUT2D eigenvalue weighted by Gasteiger charge is 2.57. The van der Waals surface area contributed by atoms with E-state index in [1.807, 2.05) is 25.1 Å². The van der Waals surface area contributed by atoms with Gasteiger partial charge in [-0.3, -0.25) is 9.63 Å². The topological polar surface area (TPSA) is 79.2 Å². The molecule has 190 valence electrons. The summed E-state index contributed by atoms with van der Waals surface area (Å²) in [5.41, 5.74) is 1.27. The van der Waals surface area contributed by atoms with Crippen LogP contribution in [-0.4, -0.2) is 52.5 Å². The molecule has 8 atom stereocenters. The van der Waals surface area contributed by atoms with Crippen LogP contribution in [0.3, 0.4) is 0 Å². The lowest BCUT2D eigenvalue weighted by Crippen LogP contribution is -2.55. The molecule has 0 spiro atoms. The van der Waals surface area contributed by atoms with Crippen LogP contribution in [0.15, 0.2) is 22.7 Å². The largest absolute Gasteiger partial charge is 0.492 e. The molecule has 0 aromatic heterocycles. The lowest BCUT2D eigenvalue weighted by atomic mass is 9.43. The number of hydrogen-bond donors (Lipinski definition) is 2. The molecule has 4 fully saturated rings. The Morgan fingerprint density at radius 1 is 1.35 bits per heavy atom. The molecule has 4 aliphatic rings. The number of ether oxygens (including phenoxy) is 1. The quantitative estimate of drug-likeness (QED) is 0.479. The van der Waals surface area contributed by atoms with Crippen LogP contribution < -0.4 is 4.74 Å². The summed E-state index contributed by atoms with van der Waals surface area (Å²) < 4.78 is 6.71. The number of aliphatic hydroxyl groups is 2. The Morgan fingerprint density at radius 2 is 2.09 bits per heavy atom. The number of hydrogen-bond acceptors (Lipinski definition) is 6. The van der Waals surface area contributed by atoms with Crippen molar-refractivity contribution in [2.75, 3.05) is 13.2 Å². The van der Waals surface area contributed by atoms with Gasteiger partial charge in [-0.1, -0.05) is 32.9 Å². The molecule has 1 heterocycles. The van der Waals surface area contributed by atoms with Gasteiger partial charge in [-0.05, 0) is 77.8 Å². The summed E-state index contributed by atoms with van der Waals surface area (Å²) in [4.78, 5) is 19.9. The second kappa shape index (κ2) is 10.2. The van der Waals surface area contributed by atoms with E-state index in [4.69, 9.17) is 9.57 Å². The third kappa shape index (κ3) is 4.59. The first-order valence-electron chi connectivity index (χ1n) is 12.7. The number of fused-ring (bicyclic) bond motifs is 2. The fraction of sp³-hybridized carbons (Fsp3) is 0.741. The Bertz CT molecular complexity index is 890. The van der Waals surface area contributed by atoms with Gasteiger partial charge in [0.2, 0.25) is 0 Å². The Balaban J connectivity index is 1.57. The molecular weight excluding hydrogens is 498 g/mol. The molecule has 0 amide bonds. The molecule has 34 heavy (non-hydrogen) atoms. The number of aliphatic hydroxyl groups excluding tert-OH is 2. The van der Waals surface area contributed by atoms with Crippen molar-refractivity contribution in [3.8, 4) is 5.75 Å². The minimum atomic E-state index is -0.777. The predicted octanol–water partition coefficient (Wildman–Crippen LogP) is 4.60. The van der Waals surface area contributed by atoms with E-state index < -0.39 is 24.2 Å². The monoisotopic (exact) mass is 537 g/mol. The molecular formula is C27H40BrNO5. The molecule has 2 bridgehead atoms. The van der Waals surface area contributed by atoms with Crippen molar-refractivity contribution in [2.24, 2.45) is 35.0 Å². The number of carbonyl (C=O) groups is 1. The van der Waals surface area contributed by atoms with Crippen LogP contribution in [0.2, 0.25) is 0 Å². The molecule has 1 saturated heterocycles. The van der Waals surface area contributed by atoms with Crippen molar-refractivity contribution in [2.45, 2.75) is 78.7 Å². The normalized spacial score (nSPS) is 35.6. The van der Waals surface area contributed by atoms with Crippen LogP contribution in [-0.2, 0) is 16.2 Å². The third-order valence-electron chi connectivity index (χ3n) is 9.08. The summed E-state index contributed by atoms with van der Waals surface area (Å²) in [6.07, 6.45) is 1.47. The molecule has 7 heteroatoms. The van der Waals surface area contributed by atoms with Crippen LogP contribution in [0, 0.1) is 35.0 Å². The number of hydroxylamine groups is 2. The van der Waals surface area contributed by atoms with Gasteiger partial charge in [-0.15, -0.1) is 0 Å². The number of para-hydroxylation sites is 1. The van der Waals surface area contributed by atoms with Crippen LogP contribution in [0.5, 0.6) is 5.75 Å². The number of halogens is 1. The molecule has 1 aromatic carbocycles. The van der Waals surface area contributed by atoms with Gasteiger partial charge in [0, 0.05) is 17.9 Å². The number of nitrogens with zero attached hydrogens (tertiary/aromatic N) is 1. The van der Waals surface area contributed by atoms with E-state index in [9.17, 15) is 15.0 Å². The third-order valence-corrected chi connectivity index (χ3v) is 9.70. The maximum Gasteiger partial charge on any atom is 0.153 e. The molecule has 5 rings (SSSR count). The first-order chi connectivity index (χ1) is 16.1.